The zero-order chi connectivity index (χ0) is 15.0. The van der Waals surface area contributed by atoms with Crippen LogP contribution in [-0.4, -0.2) is 34.3 Å². The van der Waals surface area contributed by atoms with Gasteiger partial charge in [0.1, 0.15) is 11.6 Å². The third-order valence-corrected chi connectivity index (χ3v) is 5.63. The molecular weight excluding hydrogens is 264 g/mol. The molecule has 1 spiro atoms. The normalized spacial score (nSPS) is 30.2. The highest BCUT2D eigenvalue weighted by Gasteiger charge is 2.53. The summed E-state index contributed by atoms with van der Waals surface area (Å²) in [6.07, 6.45) is 9.45. The van der Waals surface area contributed by atoms with Gasteiger partial charge in [0.15, 0.2) is 0 Å². The minimum Gasteiger partial charge on any atom is -0.340 e. The van der Waals surface area contributed by atoms with E-state index in [0.717, 1.165) is 38.5 Å². The lowest BCUT2D eigenvalue weighted by molar-refractivity contribution is -0.161. The average Bonchev–Trinajstić information content (AvgIpc) is 2.97. The van der Waals surface area contributed by atoms with E-state index in [0.29, 0.717) is 0 Å². The molecule has 21 heavy (non-hydrogen) atoms. The summed E-state index contributed by atoms with van der Waals surface area (Å²) in [5.41, 5.74) is -0.580. The molecule has 0 aromatic carbocycles. The number of hydrogen-bond acceptors (Lipinski definition) is 2. The molecule has 1 N–H and O–H groups in total. The highest BCUT2D eigenvalue weighted by molar-refractivity contribution is 6.00. The first kappa shape index (κ1) is 14.9. The van der Waals surface area contributed by atoms with Crippen LogP contribution in [0.1, 0.15) is 71.6 Å². The Hall–Kier alpha value is -1.06. The van der Waals surface area contributed by atoms with Crippen molar-refractivity contribution >= 4 is 11.8 Å². The largest absolute Gasteiger partial charge is 0.340 e. The van der Waals surface area contributed by atoms with Crippen LogP contribution in [-0.2, 0) is 9.59 Å². The molecule has 4 nitrogen and oxygen atoms in total. The van der Waals surface area contributed by atoms with Gasteiger partial charge in [0.05, 0.1) is 0 Å². The number of hydrogen-bond donors (Lipinski definition) is 1. The highest BCUT2D eigenvalue weighted by Crippen LogP contribution is 2.38. The van der Waals surface area contributed by atoms with E-state index in [-0.39, 0.29) is 29.8 Å². The van der Waals surface area contributed by atoms with Gasteiger partial charge in [-0.05, 0) is 31.6 Å². The summed E-state index contributed by atoms with van der Waals surface area (Å²) in [5.74, 6) is 0.473. The molecule has 1 unspecified atom stereocenters. The molecule has 0 bridgehead atoms. The molecule has 2 aliphatic carbocycles. The van der Waals surface area contributed by atoms with E-state index in [1.165, 1.54) is 19.3 Å². The van der Waals surface area contributed by atoms with Crippen molar-refractivity contribution < 1.29 is 9.59 Å². The molecule has 2 saturated carbocycles. The molecule has 0 aromatic rings. The first-order chi connectivity index (χ1) is 10.1. The monoisotopic (exact) mass is 292 g/mol. The van der Waals surface area contributed by atoms with Gasteiger partial charge in [0.2, 0.25) is 11.8 Å². The topological polar surface area (TPSA) is 49.4 Å². The fraction of sp³-hybridized carbons (Fsp3) is 0.882. The Bertz CT molecular complexity index is 421. The van der Waals surface area contributed by atoms with Gasteiger partial charge < -0.3 is 10.2 Å². The lowest BCUT2D eigenvalue weighted by atomic mass is 9.77. The maximum atomic E-state index is 13.3. The molecule has 3 aliphatic rings. The van der Waals surface area contributed by atoms with E-state index < -0.39 is 5.54 Å². The molecule has 118 valence electrons. The van der Waals surface area contributed by atoms with E-state index in [2.05, 4.69) is 19.2 Å². The minimum absolute atomic E-state index is 0.0819. The number of carbonyl (C=O) groups excluding carboxylic acids is 2. The fourth-order valence-corrected chi connectivity index (χ4v) is 4.56. The number of piperazine rings is 1. The Kier molecular flexibility index (Phi) is 3.98. The van der Waals surface area contributed by atoms with Crippen molar-refractivity contribution in [2.75, 3.05) is 0 Å². The number of amides is 2. The molecule has 2 amide bonds. The van der Waals surface area contributed by atoms with Crippen molar-refractivity contribution in [3.05, 3.63) is 0 Å². The molecule has 0 radical (unpaired) electrons. The predicted molar refractivity (Wildman–Crippen MR) is 81.7 cm³/mol. The van der Waals surface area contributed by atoms with Gasteiger partial charge >= 0.3 is 0 Å². The lowest BCUT2D eigenvalue weighted by Gasteiger charge is -2.50. The standard InChI is InChI=1S/C17H28N2O2/c1-12(2)14-15(20)18-17(10-6-3-7-11-17)16(21)19(14)13-8-4-5-9-13/h12-14H,3-11H2,1-2H3,(H,18,20). The molecular formula is C17H28N2O2. The summed E-state index contributed by atoms with van der Waals surface area (Å²) in [6.45, 7) is 4.11. The second-order valence-electron chi connectivity index (χ2n) is 7.47. The summed E-state index contributed by atoms with van der Waals surface area (Å²) < 4.78 is 0. The Morgan fingerprint density at radius 2 is 1.67 bits per heavy atom. The number of nitrogens with one attached hydrogen (secondary N) is 1. The molecule has 3 rings (SSSR count). The second kappa shape index (κ2) is 5.62. The Morgan fingerprint density at radius 3 is 2.24 bits per heavy atom. The van der Waals surface area contributed by atoms with Crippen molar-refractivity contribution in [2.24, 2.45) is 5.92 Å². The van der Waals surface area contributed by atoms with Crippen molar-refractivity contribution in [3.63, 3.8) is 0 Å². The van der Waals surface area contributed by atoms with Crippen molar-refractivity contribution in [3.8, 4) is 0 Å². The summed E-state index contributed by atoms with van der Waals surface area (Å²) in [5, 5.41) is 3.14. The van der Waals surface area contributed by atoms with Crippen molar-refractivity contribution in [1.29, 1.82) is 0 Å². The quantitative estimate of drug-likeness (QED) is 0.850. The molecule has 1 heterocycles. The third-order valence-electron chi connectivity index (χ3n) is 5.63. The number of nitrogens with zero attached hydrogens (tertiary/aromatic N) is 1. The fourth-order valence-electron chi connectivity index (χ4n) is 4.56. The van der Waals surface area contributed by atoms with E-state index in [9.17, 15) is 9.59 Å². The van der Waals surface area contributed by atoms with Crippen LogP contribution in [0, 0.1) is 5.92 Å². The summed E-state index contributed by atoms with van der Waals surface area (Å²) >= 11 is 0. The van der Waals surface area contributed by atoms with Gasteiger partial charge in [-0.1, -0.05) is 46.0 Å². The van der Waals surface area contributed by atoms with Gasteiger partial charge in [0.25, 0.3) is 0 Å². The van der Waals surface area contributed by atoms with Gasteiger partial charge in [-0.15, -0.1) is 0 Å². The SMILES string of the molecule is CC(C)C1C(=O)NC2(CCCCC2)C(=O)N1C1CCCC1. The molecule has 1 atom stereocenters. The maximum absolute atomic E-state index is 13.3. The minimum atomic E-state index is -0.580. The van der Waals surface area contributed by atoms with Crippen LogP contribution in [0.4, 0.5) is 0 Å². The van der Waals surface area contributed by atoms with Gasteiger partial charge in [-0.2, -0.15) is 0 Å². The van der Waals surface area contributed by atoms with E-state index in [1.807, 2.05) is 4.90 Å². The van der Waals surface area contributed by atoms with Crippen LogP contribution in [0.3, 0.4) is 0 Å². The summed E-state index contributed by atoms with van der Waals surface area (Å²) in [7, 11) is 0. The molecule has 3 fully saturated rings. The zero-order valence-corrected chi connectivity index (χ0v) is 13.4. The van der Waals surface area contributed by atoms with E-state index in [1.54, 1.807) is 0 Å². The van der Waals surface area contributed by atoms with Crippen LogP contribution in [0.25, 0.3) is 0 Å². The molecule has 0 aromatic heterocycles. The molecule has 1 saturated heterocycles. The summed E-state index contributed by atoms with van der Waals surface area (Å²) in [4.78, 5) is 28.0. The Morgan fingerprint density at radius 1 is 1.05 bits per heavy atom. The van der Waals surface area contributed by atoms with Crippen LogP contribution in [0.5, 0.6) is 0 Å². The Balaban J connectivity index is 1.93. The molecule has 4 heteroatoms. The van der Waals surface area contributed by atoms with Crippen molar-refractivity contribution in [2.45, 2.75) is 89.3 Å². The van der Waals surface area contributed by atoms with Gasteiger partial charge in [0, 0.05) is 6.04 Å². The maximum Gasteiger partial charge on any atom is 0.249 e. The lowest BCUT2D eigenvalue weighted by Crippen LogP contribution is -2.73. The molecule has 1 aliphatic heterocycles. The predicted octanol–water partition coefficient (Wildman–Crippen LogP) is 2.61. The highest BCUT2D eigenvalue weighted by atomic mass is 16.2. The Labute approximate surface area is 127 Å². The van der Waals surface area contributed by atoms with E-state index in [4.69, 9.17) is 0 Å². The zero-order valence-electron chi connectivity index (χ0n) is 13.4. The first-order valence-electron chi connectivity index (χ1n) is 8.70. The average molecular weight is 292 g/mol. The van der Waals surface area contributed by atoms with E-state index >= 15 is 0 Å². The summed E-state index contributed by atoms with van der Waals surface area (Å²) in [6, 6.07) is 0.0166. The smallest absolute Gasteiger partial charge is 0.249 e. The van der Waals surface area contributed by atoms with Crippen LogP contribution in [0.15, 0.2) is 0 Å². The number of rotatable bonds is 2. The van der Waals surface area contributed by atoms with Gasteiger partial charge in [-0.3, -0.25) is 9.59 Å². The van der Waals surface area contributed by atoms with Crippen LogP contribution >= 0.6 is 0 Å². The second-order valence-corrected chi connectivity index (χ2v) is 7.47. The first-order valence-corrected chi connectivity index (χ1v) is 8.70. The third kappa shape index (κ3) is 2.47. The van der Waals surface area contributed by atoms with Crippen LogP contribution in [0.2, 0.25) is 0 Å². The van der Waals surface area contributed by atoms with Gasteiger partial charge in [-0.25, -0.2) is 0 Å². The van der Waals surface area contributed by atoms with Crippen LogP contribution < -0.4 is 5.32 Å². The number of carbonyl (C=O) groups is 2. The van der Waals surface area contributed by atoms with Crippen molar-refractivity contribution in [1.82, 2.24) is 10.2 Å².